The van der Waals surface area contributed by atoms with Gasteiger partial charge in [-0.15, -0.1) is 0 Å². The fraction of sp³-hybridized carbons (Fsp3) is 0.381. The number of amides is 1. The molecule has 0 radical (unpaired) electrons. The van der Waals surface area contributed by atoms with Gasteiger partial charge in [0.05, 0.1) is 0 Å². The van der Waals surface area contributed by atoms with Gasteiger partial charge >= 0.3 is 0 Å². The van der Waals surface area contributed by atoms with Gasteiger partial charge in [-0.1, -0.05) is 24.3 Å². The SMILES string of the molecule is NC(=O)c1cccc(C23CCCC(CC2)N3Cc2ccc(F)cc2)c1. The Balaban J connectivity index is 1.71. The number of hydrogen-bond donors (Lipinski definition) is 1. The summed E-state index contributed by atoms with van der Waals surface area (Å²) in [5.41, 5.74) is 8.34. The summed E-state index contributed by atoms with van der Waals surface area (Å²) in [5.74, 6) is -0.581. The van der Waals surface area contributed by atoms with Gasteiger partial charge in [-0.05, 0) is 67.5 Å². The maximum absolute atomic E-state index is 13.2. The number of nitrogens with zero attached hydrogens (tertiary/aromatic N) is 1. The number of halogens is 1. The Labute approximate surface area is 147 Å². The van der Waals surface area contributed by atoms with E-state index >= 15 is 0 Å². The molecule has 0 aromatic heterocycles. The molecule has 2 bridgehead atoms. The lowest BCUT2D eigenvalue weighted by atomic mass is 9.80. The van der Waals surface area contributed by atoms with Gasteiger partial charge in [0.25, 0.3) is 0 Å². The summed E-state index contributed by atoms with van der Waals surface area (Å²) in [5, 5.41) is 0. The average Bonchev–Trinajstić information content (AvgIpc) is 2.82. The highest BCUT2D eigenvalue weighted by atomic mass is 19.1. The Hall–Kier alpha value is -2.20. The molecule has 130 valence electrons. The van der Waals surface area contributed by atoms with Crippen LogP contribution in [0.3, 0.4) is 0 Å². The normalized spacial score (nSPS) is 25.9. The summed E-state index contributed by atoms with van der Waals surface area (Å²) in [6.45, 7) is 0.811. The number of benzene rings is 2. The number of piperidine rings is 1. The molecule has 2 fully saturated rings. The van der Waals surface area contributed by atoms with E-state index in [2.05, 4.69) is 11.0 Å². The lowest BCUT2D eigenvalue weighted by Gasteiger charge is -2.45. The highest BCUT2D eigenvalue weighted by Gasteiger charge is 2.49. The fourth-order valence-electron chi connectivity index (χ4n) is 4.74. The first kappa shape index (κ1) is 16.3. The highest BCUT2D eigenvalue weighted by Crippen LogP contribution is 2.51. The smallest absolute Gasteiger partial charge is 0.248 e. The molecule has 3 nitrogen and oxygen atoms in total. The molecule has 4 rings (SSSR count). The minimum atomic E-state index is -0.381. The monoisotopic (exact) mass is 338 g/mol. The second-order valence-corrected chi connectivity index (χ2v) is 7.32. The molecule has 2 N–H and O–H groups in total. The number of hydrogen-bond acceptors (Lipinski definition) is 2. The standard InChI is InChI=1S/C21H23FN2O/c22-18-8-6-15(7-9-18)14-24-19-5-2-11-21(24,12-10-19)17-4-1-3-16(13-17)20(23)25/h1,3-4,6-9,13,19H,2,5,10-12,14H2,(H2,23,25). The predicted octanol–water partition coefficient (Wildman–Crippen LogP) is 3.97. The van der Waals surface area contributed by atoms with Crippen LogP contribution in [0.4, 0.5) is 4.39 Å². The van der Waals surface area contributed by atoms with Crippen LogP contribution in [0.5, 0.6) is 0 Å². The van der Waals surface area contributed by atoms with Crippen LogP contribution in [0, 0.1) is 5.82 Å². The van der Waals surface area contributed by atoms with E-state index in [1.807, 2.05) is 24.3 Å². The molecular weight excluding hydrogens is 315 g/mol. The first-order valence-electron chi connectivity index (χ1n) is 9.00. The molecule has 1 amide bonds. The van der Waals surface area contributed by atoms with Crippen molar-refractivity contribution < 1.29 is 9.18 Å². The van der Waals surface area contributed by atoms with E-state index in [1.54, 1.807) is 6.07 Å². The molecule has 2 heterocycles. The van der Waals surface area contributed by atoms with Gasteiger partial charge in [0.15, 0.2) is 0 Å². The number of primary amides is 1. The average molecular weight is 338 g/mol. The van der Waals surface area contributed by atoms with Crippen molar-refractivity contribution in [2.24, 2.45) is 5.73 Å². The lowest BCUT2D eigenvalue weighted by Crippen LogP contribution is -2.47. The molecule has 2 atom stereocenters. The fourth-order valence-corrected chi connectivity index (χ4v) is 4.74. The van der Waals surface area contributed by atoms with Gasteiger partial charge in [0.2, 0.25) is 5.91 Å². The van der Waals surface area contributed by atoms with Crippen molar-refractivity contribution in [3.63, 3.8) is 0 Å². The molecular formula is C21H23FN2O. The number of rotatable bonds is 4. The third kappa shape index (κ3) is 2.85. The number of fused-ring (bicyclic) bond motifs is 2. The van der Waals surface area contributed by atoms with Crippen LogP contribution in [0.2, 0.25) is 0 Å². The van der Waals surface area contributed by atoms with Crippen LogP contribution in [0.1, 0.15) is 53.6 Å². The summed E-state index contributed by atoms with van der Waals surface area (Å²) in [6, 6.07) is 15.2. The zero-order chi connectivity index (χ0) is 17.4. The second kappa shape index (κ2) is 6.26. The molecule has 4 heteroatoms. The van der Waals surface area contributed by atoms with Gasteiger partial charge < -0.3 is 5.73 Å². The molecule has 0 spiro atoms. The van der Waals surface area contributed by atoms with Crippen molar-refractivity contribution in [1.82, 2.24) is 4.90 Å². The summed E-state index contributed by atoms with van der Waals surface area (Å²) in [4.78, 5) is 14.2. The zero-order valence-electron chi connectivity index (χ0n) is 14.2. The quantitative estimate of drug-likeness (QED) is 0.917. The third-order valence-corrected chi connectivity index (χ3v) is 5.96. The third-order valence-electron chi connectivity index (χ3n) is 5.96. The summed E-state index contributed by atoms with van der Waals surface area (Å²) < 4.78 is 13.2. The number of carbonyl (C=O) groups is 1. The number of carbonyl (C=O) groups excluding carboxylic acids is 1. The van der Waals surface area contributed by atoms with Crippen LogP contribution in [-0.4, -0.2) is 16.8 Å². The van der Waals surface area contributed by atoms with Crippen LogP contribution < -0.4 is 5.73 Å². The largest absolute Gasteiger partial charge is 0.366 e. The minimum Gasteiger partial charge on any atom is -0.366 e. The van der Waals surface area contributed by atoms with Gasteiger partial charge in [0.1, 0.15) is 5.82 Å². The van der Waals surface area contributed by atoms with Crippen LogP contribution >= 0.6 is 0 Å². The van der Waals surface area contributed by atoms with E-state index in [0.29, 0.717) is 11.6 Å². The Morgan fingerprint density at radius 2 is 1.96 bits per heavy atom. The van der Waals surface area contributed by atoms with Gasteiger partial charge in [0, 0.05) is 23.7 Å². The van der Waals surface area contributed by atoms with E-state index in [1.165, 1.54) is 37.0 Å². The maximum atomic E-state index is 13.2. The number of nitrogens with two attached hydrogens (primary N) is 1. The van der Waals surface area contributed by atoms with Crippen molar-refractivity contribution in [2.45, 2.75) is 50.2 Å². The van der Waals surface area contributed by atoms with Crippen molar-refractivity contribution in [1.29, 1.82) is 0 Å². The van der Waals surface area contributed by atoms with Crippen LogP contribution in [-0.2, 0) is 12.1 Å². The highest BCUT2D eigenvalue weighted by molar-refractivity contribution is 5.92. The summed E-state index contributed by atoms with van der Waals surface area (Å²) in [6.07, 6.45) is 5.76. The Bertz CT molecular complexity index is 785. The van der Waals surface area contributed by atoms with Crippen molar-refractivity contribution in [2.75, 3.05) is 0 Å². The van der Waals surface area contributed by atoms with E-state index in [9.17, 15) is 9.18 Å². The zero-order valence-corrected chi connectivity index (χ0v) is 14.2. The van der Waals surface area contributed by atoms with E-state index < -0.39 is 0 Å². The van der Waals surface area contributed by atoms with Crippen LogP contribution in [0.15, 0.2) is 48.5 Å². The maximum Gasteiger partial charge on any atom is 0.248 e. The topological polar surface area (TPSA) is 46.3 Å². The predicted molar refractivity (Wildman–Crippen MR) is 95.5 cm³/mol. The molecule has 2 aliphatic heterocycles. The van der Waals surface area contributed by atoms with Crippen LogP contribution in [0.25, 0.3) is 0 Å². The van der Waals surface area contributed by atoms with Gasteiger partial charge in [-0.25, -0.2) is 4.39 Å². The van der Waals surface area contributed by atoms with Gasteiger partial charge in [-0.3, -0.25) is 9.69 Å². The first-order valence-corrected chi connectivity index (χ1v) is 9.00. The summed E-state index contributed by atoms with van der Waals surface area (Å²) >= 11 is 0. The molecule has 0 aliphatic carbocycles. The lowest BCUT2D eigenvalue weighted by molar-refractivity contribution is 0.0426. The molecule has 2 unspecified atom stereocenters. The van der Waals surface area contributed by atoms with E-state index in [-0.39, 0.29) is 17.3 Å². The first-order chi connectivity index (χ1) is 12.1. The van der Waals surface area contributed by atoms with E-state index in [4.69, 9.17) is 5.73 Å². The summed E-state index contributed by atoms with van der Waals surface area (Å²) in [7, 11) is 0. The molecule has 2 aromatic carbocycles. The Morgan fingerprint density at radius 1 is 1.16 bits per heavy atom. The molecule has 2 saturated heterocycles. The van der Waals surface area contributed by atoms with Crippen molar-refractivity contribution in [3.05, 3.63) is 71.0 Å². The minimum absolute atomic E-state index is 0.0389. The molecule has 2 aliphatic rings. The van der Waals surface area contributed by atoms with E-state index in [0.717, 1.165) is 24.9 Å². The molecule has 0 saturated carbocycles. The van der Waals surface area contributed by atoms with Crippen molar-refractivity contribution >= 4 is 5.91 Å². The van der Waals surface area contributed by atoms with Gasteiger partial charge in [-0.2, -0.15) is 0 Å². The molecule has 2 aromatic rings. The second-order valence-electron chi connectivity index (χ2n) is 7.32. The Kier molecular flexibility index (Phi) is 4.08. The Morgan fingerprint density at radius 3 is 2.72 bits per heavy atom. The molecule has 25 heavy (non-hydrogen) atoms. The van der Waals surface area contributed by atoms with Crippen molar-refractivity contribution in [3.8, 4) is 0 Å².